The van der Waals surface area contributed by atoms with Crippen molar-refractivity contribution in [2.75, 3.05) is 0 Å². The van der Waals surface area contributed by atoms with Crippen LogP contribution in [0.1, 0.15) is 16.7 Å². The summed E-state index contributed by atoms with van der Waals surface area (Å²) in [6.45, 7) is 4.34. The van der Waals surface area contributed by atoms with E-state index in [1.54, 1.807) is 0 Å². The van der Waals surface area contributed by atoms with Gasteiger partial charge in [0.15, 0.2) is 0 Å². The van der Waals surface area contributed by atoms with Crippen LogP contribution in [0.15, 0.2) is 18.2 Å². The summed E-state index contributed by atoms with van der Waals surface area (Å²) >= 11 is 2.40. The monoisotopic (exact) mass is 246 g/mol. The van der Waals surface area contributed by atoms with Crippen molar-refractivity contribution >= 4 is 22.6 Å². The summed E-state index contributed by atoms with van der Waals surface area (Å²) in [4.78, 5) is 0. The van der Waals surface area contributed by atoms with Crippen molar-refractivity contribution < 1.29 is 0 Å². The Morgan fingerprint density at radius 3 is 2.00 bits per heavy atom. The molecule has 0 aromatic heterocycles. The third-order valence-corrected chi connectivity index (χ3v) is 2.54. The molecular formula is C9H11I. The van der Waals surface area contributed by atoms with Gasteiger partial charge in [-0.05, 0) is 30.5 Å². The van der Waals surface area contributed by atoms with E-state index < -0.39 is 0 Å². The second-order valence-corrected chi connectivity index (χ2v) is 3.27. The van der Waals surface area contributed by atoms with E-state index in [4.69, 9.17) is 0 Å². The molecule has 0 bridgehead atoms. The van der Waals surface area contributed by atoms with Crippen molar-refractivity contribution in [3.05, 3.63) is 34.9 Å². The minimum Gasteiger partial charge on any atom is -0.0812 e. The van der Waals surface area contributed by atoms with Crippen LogP contribution < -0.4 is 0 Å². The van der Waals surface area contributed by atoms with Crippen molar-refractivity contribution in [2.24, 2.45) is 0 Å². The molecule has 1 aromatic rings. The van der Waals surface area contributed by atoms with E-state index in [0.29, 0.717) is 0 Å². The quantitative estimate of drug-likeness (QED) is 0.527. The highest BCUT2D eigenvalue weighted by Gasteiger charge is 1.97. The molecule has 1 rings (SSSR count). The average molecular weight is 246 g/mol. The summed E-state index contributed by atoms with van der Waals surface area (Å²) in [7, 11) is 0. The highest BCUT2D eigenvalue weighted by molar-refractivity contribution is 14.1. The molecule has 0 fully saturated rings. The molecule has 0 saturated heterocycles. The van der Waals surface area contributed by atoms with Crippen LogP contribution in [0.2, 0.25) is 0 Å². The van der Waals surface area contributed by atoms with Gasteiger partial charge in [0.2, 0.25) is 0 Å². The predicted molar refractivity (Wildman–Crippen MR) is 53.6 cm³/mol. The normalized spacial score (nSPS) is 9.90. The molecule has 1 aromatic carbocycles. The van der Waals surface area contributed by atoms with E-state index in [1.807, 2.05) is 0 Å². The maximum Gasteiger partial charge on any atom is 0.0252 e. The zero-order valence-corrected chi connectivity index (χ0v) is 8.47. The Hall–Kier alpha value is -0.0500. The lowest BCUT2D eigenvalue weighted by Gasteiger charge is -2.04. The molecule has 0 heterocycles. The number of halogens is 1. The topological polar surface area (TPSA) is 0 Å². The molecule has 0 nitrogen and oxygen atoms in total. The fraction of sp³-hybridized carbons (Fsp3) is 0.333. The smallest absolute Gasteiger partial charge is 0.0252 e. The Bertz CT molecular complexity index is 208. The highest BCUT2D eigenvalue weighted by atomic mass is 127. The Kier molecular flexibility index (Phi) is 2.72. The second-order valence-electron chi connectivity index (χ2n) is 2.50. The van der Waals surface area contributed by atoms with E-state index in [1.165, 1.54) is 16.7 Å². The molecule has 0 atom stereocenters. The van der Waals surface area contributed by atoms with E-state index in [2.05, 4.69) is 54.6 Å². The number of hydrogen-bond donors (Lipinski definition) is 0. The summed E-state index contributed by atoms with van der Waals surface area (Å²) in [5.74, 6) is 0. The molecule has 10 heavy (non-hydrogen) atoms. The standard InChI is InChI=1S/C9H11I/c1-7-4-3-5-8(2)9(7)6-10/h3-5H,6H2,1-2H3. The molecule has 0 aliphatic carbocycles. The minimum atomic E-state index is 1.12. The third kappa shape index (κ3) is 1.51. The van der Waals surface area contributed by atoms with Crippen molar-refractivity contribution in [1.82, 2.24) is 0 Å². The van der Waals surface area contributed by atoms with Crippen molar-refractivity contribution in [3.63, 3.8) is 0 Å². The molecule has 0 saturated carbocycles. The van der Waals surface area contributed by atoms with Gasteiger partial charge >= 0.3 is 0 Å². The van der Waals surface area contributed by atoms with E-state index in [0.717, 1.165) is 4.43 Å². The van der Waals surface area contributed by atoms with E-state index in [-0.39, 0.29) is 0 Å². The first-order valence-corrected chi connectivity index (χ1v) is 4.89. The maximum atomic E-state index is 2.40. The van der Waals surface area contributed by atoms with Gasteiger partial charge in [0, 0.05) is 4.43 Å². The van der Waals surface area contributed by atoms with Crippen LogP contribution in [0.4, 0.5) is 0 Å². The van der Waals surface area contributed by atoms with Crippen LogP contribution in [0, 0.1) is 13.8 Å². The number of aryl methyl sites for hydroxylation is 2. The van der Waals surface area contributed by atoms with Gasteiger partial charge in [0.05, 0.1) is 0 Å². The number of benzene rings is 1. The zero-order chi connectivity index (χ0) is 7.56. The maximum absolute atomic E-state index is 2.40. The van der Waals surface area contributed by atoms with Gasteiger partial charge in [-0.15, -0.1) is 0 Å². The zero-order valence-electron chi connectivity index (χ0n) is 6.32. The van der Waals surface area contributed by atoms with Crippen LogP contribution in [0.5, 0.6) is 0 Å². The Morgan fingerprint density at radius 2 is 1.70 bits per heavy atom. The van der Waals surface area contributed by atoms with Gasteiger partial charge in [-0.2, -0.15) is 0 Å². The van der Waals surface area contributed by atoms with Gasteiger partial charge in [-0.25, -0.2) is 0 Å². The van der Waals surface area contributed by atoms with Crippen LogP contribution in [0.25, 0.3) is 0 Å². The SMILES string of the molecule is Cc1cccc(C)c1CI. The molecule has 0 aliphatic rings. The lowest BCUT2D eigenvalue weighted by Crippen LogP contribution is -1.87. The van der Waals surface area contributed by atoms with Gasteiger partial charge in [-0.1, -0.05) is 40.8 Å². The molecule has 54 valence electrons. The average Bonchev–Trinajstić information content (AvgIpc) is 1.88. The van der Waals surface area contributed by atoms with Crippen molar-refractivity contribution in [1.29, 1.82) is 0 Å². The molecule has 0 radical (unpaired) electrons. The summed E-state index contributed by atoms with van der Waals surface area (Å²) < 4.78 is 1.12. The van der Waals surface area contributed by atoms with Gasteiger partial charge in [0.25, 0.3) is 0 Å². The highest BCUT2D eigenvalue weighted by Crippen LogP contribution is 2.15. The van der Waals surface area contributed by atoms with Gasteiger partial charge in [0.1, 0.15) is 0 Å². The van der Waals surface area contributed by atoms with E-state index in [9.17, 15) is 0 Å². The Labute approximate surface area is 75.8 Å². The molecule has 0 spiro atoms. The molecule has 0 aliphatic heterocycles. The first-order valence-electron chi connectivity index (χ1n) is 3.36. The Balaban J connectivity index is 3.17. The molecule has 0 unspecified atom stereocenters. The first-order chi connectivity index (χ1) is 4.75. The fourth-order valence-corrected chi connectivity index (χ4v) is 2.26. The van der Waals surface area contributed by atoms with Crippen LogP contribution in [0.3, 0.4) is 0 Å². The minimum absolute atomic E-state index is 1.12. The van der Waals surface area contributed by atoms with Crippen molar-refractivity contribution in [2.45, 2.75) is 18.3 Å². The lowest BCUT2D eigenvalue weighted by atomic mass is 10.1. The van der Waals surface area contributed by atoms with E-state index >= 15 is 0 Å². The van der Waals surface area contributed by atoms with Gasteiger partial charge < -0.3 is 0 Å². The first kappa shape index (κ1) is 8.05. The summed E-state index contributed by atoms with van der Waals surface area (Å²) in [6.07, 6.45) is 0. The van der Waals surface area contributed by atoms with Crippen LogP contribution >= 0.6 is 22.6 Å². The number of alkyl halides is 1. The Morgan fingerprint density at radius 1 is 1.20 bits per heavy atom. The lowest BCUT2D eigenvalue weighted by molar-refractivity contribution is 1.26. The number of rotatable bonds is 1. The number of hydrogen-bond acceptors (Lipinski definition) is 0. The van der Waals surface area contributed by atoms with Crippen LogP contribution in [-0.4, -0.2) is 0 Å². The fourth-order valence-electron chi connectivity index (χ4n) is 1.06. The van der Waals surface area contributed by atoms with Crippen molar-refractivity contribution in [3.8, 4) is 0 Å². The summed E-state index contributed by atoms with van der Waals surface area (Å²) in [6, 6.07) is 6.45. The predicted octanol–water partition coefficient (Wildman–Crippen LogP) is 3.24. The van der Waals surface area contributed by atoms with Crippen LogP contribution in [-0.2, 0) is 4.43 Å². The summed E-state index contributed by atoms with van der Waals surface area (Å²) in [5, 5.41) is 0. The molecular weight excluding hydrogens is 235 g/mol. The molecule has 0 amide bonds. The molecule has 1 heteroatoms. The molecule has 0 N–H and O–H groups in total. The third-order valence-electron chi connectivity index (χ3n) is 1.78. The second kappa shape index (κ2) is 3.37. The largest absolute Gasteiger partial charge is 0.0812 e. The van der Waals surface area contributed by atoms with Gasteiger partial charge in [-0.3, -0.25) is 0 Å². The summed E-state index contributed by atoms with van der Waals surface area (Å²) in [5.41, 5.74) is 4.31.